The van der Waals surface area contributed by atoms with Crippen LogP contribution in [0, 0.1) is 5.92 Å². The van der Waals surface area contributed by atoms with Crippen molar-refractivity contribution in [3.05, 3.63) is 0 Å². The van der Waals surface area contributed by atoms with Crippen LogP contribution in [0.4, 0.5) is 0 Å². The molecule has 2 heterocycles. The van der Waals surface area contributed by atoms with E-state index in [0.29, 0.717) is 12.3 Å². The van der Waals surface area contributed by atoms with Crippen molar-refractivity contribution >= 4 is 15.7 Å². The van der Waals surface area contributed by atoms with Crippen molar-refractivity contribution in [2.75, 3.05) is 31.6 Å². The minimum absolute atomic E-state index is 0.0520. The molecule has 0 aromatic rings. The summed E-state index contributed by atoms with van der Waals surface area (Å²) in [5.41, 5.74) is 0. The van der Waals surface area contributed by atoms with Crippen molar-refractivity contribution in [2.45, 2.75) is 38.8 Å². The first-order valence-electron chi connectivity index (χ1n) is 7.01. The molecule has 2 rings (SSSR count). The third kappa shape index (κ3) is 3.28. The van der Waals surface area contributed by atoms with Gasteiger partial charge in [-0.1, -0.05) is 6.92 Å². The van der Waals surface area contributed by atoms with Gasteiger partial charge in [0.15, 0.2) is 9.84 Å². The molecule has 0 bridgehead atoms. The number of sulfone groups is 1. The van der Waals surface area contributed by atoms with E-state index in [1.54, 1.807) is 11.9 Å². The third-order valence-electron chi connectivity index (χ3n) is 4.46. The van der Waals surface area contributed by atoms with Gasteiger partial charge in [0.25, 0.3) is 0 Å². The lowest BCUT2D eigenvalue weighted by atomic mass is 10.1. The average Bonchev–Trinajstić information content (AvgIpc) is 2.92. The molecule has 2 aliphatic heterocycles. The van der Waals surface area contributed by atoms with E-state index >= 15 is 0 Å². The average molecular weight is 288 g/mol. The van der Waals surface area contributed by atoms with Gasteiger partial charge in [-0.15, -0.1) is 0 Å². The van der Waals surface area contributed by atoms with Gasteiger partial charge in [0.1, 0.15) is 0 Å². The highest BCUT2D eigenvalue weighted by atomic mass is 32.2. The molecule has 2 fully saturated rings. The highest BCUT2D eigenvalue weighted by Crippen LogP contribution is 2.21. The maximum atomic E-state index is 12.4. The van der Waals surface area contributed by atoms with Gasteiger partial charge in [-0.3, -0.25) is 9.69 Å². The maximum absolute atomic E-state index is 12.4. The second-order valence-electron chi connectivity index (χ2n) is 6.07. The molecule has 2 aliphatic rings. The number of nitrogens with zero attached hydrogens (tertiary/aromatic N) is 2. The van der Waals surface area contributed by atoms with Crippen LogP contribution in [-0.2, 0) is 14.6 Å². The Morgan fingerprint density at radius 3 is 2.53 bits per heavy atom. The molecule has 6 heteroatoms. The number of likely N-dealkylation sites (N-methyl/N-ethyl adjacent to an activating group) is 1. The number of likely N-dealkylation sites (tertiary alicyclic amines) is 1. The van der Waals surface area contributed by atoms with Crippen LogP contribution in [0.25, 0.3) is 0 Å². The number of carbonyl (C=O) groups excluding carboxylic acids is 1. The van der Waals surface area contributed by atoms with E-state index in [2.05, 4.69) is 11.8 Å². The normalized spacial score (nSPS) is 32.4. The zero-order valence-electron chi connectivity index (χ0n) is 12.0. The molecule has 0 N–H and O–H groups in total. The Morgan fingerprint density at radius 1 is 1.37 bits per heavy atom. The summed E-state index contributed by atoms with van der Waals surface area (Å²) in [7, 11) is -1.20. The molecule has 2 saturated heterocycles. The van der Waals surface area contributed by atoms with Crippen LogP contribution in [0.3, 0.4) is 0 Å². The first-order valence-corrected chi connectivity index (χ1v) is 8.83. The summed E-state index contributed by atoms with van der Waals surface area (Å²) >= 11 is 0. The summed E-state index contributed by atoms with van der Waals surface area (Å²) in [4.78, 5) is 16.3. The number of hydrogen-bond acceptors (Lipinski definition) is 4. The van der Waals surface area contributed by atoms with Crippen LogP contribution < -0.4 is 0 Å². The van der Waals surface area contributed by atoms with Crippen LogP contribution in [0.15, 0.2) is 0 Å². The van der Waals surface area contributed by atoms with E-state index in [4.69, 9.17) is 0 Å². The largest absolute Gasteiger partial charge is 0.340 e. The summed E-state index contributed by atoms with van der Waals surface area (Å²) < 4.78 is 23.0. The predicted octanol–water partition coefficient (Wildman–Crippen LogP) is 0.362. The summed E-state index contributed by atoms with van der Waals surface area (Å²) in [5, 5.41) is 0. The Labute approximate surface area is 115 Å². The lowest BCUT2D eigenvalue weighted by Crippen LogP contribution is -2.48. The fourth-order valence-corrected chi connectivity index (χ4v) is 4.81. The Morgan fingerprint density at radius 2 is 2.05 bits per heavy atom. The zero-order chi connectivity index (χ0) is 14.2. The minimum atomic E-state index is -2.94. The lowest BCUT2D eigenvalue weighted by molar-refractivity contribution is -0.136. The molecule has 0 aromatic heterocycles. The summed E-state index contributed by atoms with van der Waals surface area (Å²) in [6.07, 6.45) is 1.72. The second kappa shape index (κ2) is 5.40. The molecule has 1 amide bonds. The highest BCUT2D eigenvalue weighted by Gasteiger charge is 2.36. The van der Waals surface area contributed by atoms with E-state index in [9.17, 15) is 13.2 Å². The van der Waals surface area contributed by atoms with Crippen LogP contribution in [0.1, 0.15) is 26.7 Å². The Hall–Kier alpha value is -0.620. The van der Waals surface area contributed by atoms with Crippen molar-refractivity contribution in [1.29, 1.82) is 0 Å². The topological polar surface area (TPSA) is 57.7 Å². The Kier molecular flexibility index (Phi) is 4.20. The SMILES string of the molecule is C[C@@H]1CCN([C@@H](C)C(=O)N(C)[C@@H]2CCS(=O)(=O)C2)C1. The van der Waals surface area contributed by atoms with E-state index in [1.807, 2.05) is 6.92 Å². The molecule has 110 valence electrons. The quantitative estimate of drug-likeness (QED) is 0.752. The first-order chi connectivity index (χ1) is 8.80. The predicted molar refractivity (Wildman–Crippen MR) is 74.6 cm³/mol. The molecule has 5 nitrogen and oxygen atoms in total. The highest BCUT2D eigenvalue weighted by molar-refractivity contribution is 7.91. The van der Waals surface area contributed by atoms with Gasteiger partial charge in [-0.2, -0.15) is 0 Å². The van der Waals surface area contributed by atoms with Gasteiger partial charge >= 0.3 is 0 Å². The van der Waals surface area contributed by atoms with Crippen molar-refractivity contribution in [2.24, 2.45) is 5.92 Å². The van der Waals surface area contributed by atoms with Gasteiger partial charge < -0.3 is 4.90 Å². The monoisotopic (exact) mass is 288 g/mol. The number of rotatable bonds is 3. The van der Waals surface area contributed by atoms with E-state index in [1.165, 1.54) is 0 Å². The fraction of sp³-hybridized carbons (Fsp3) is 0.923. The van der Waals surface area contributed by atoms with Crippen molar-refractivity contribution < 1.29 is 13.2 Å². The molecule has 0 saturated carbocycles. The maximum Gasteiger partial charge on any atom is 0.239 e. The van der Waals surface area contributed by atoms with Gasteiger partial charge in [-0.05, 0) is 32.2 Å². The van der Waals surface area contributed by atoms with Crippen molar-refractivity contribution in [3.8, 4) is 0 Å². The molecule has 0 aromatic carbocycles. The van der Waals surface area contributed by atoms with Crippen LogP contribution in [-0.4, -0.2) is 67.9 Å². The van der Waals surface area contributed by atoms with Crippen molar-refractivity contribution in [1.82, 2.24) is 9.80 Å². The van der Waals surface area contributed by atoms with Gasteiger partial charge in [-0.25, -0.2) is 8.42 Å². The smallest absolute Gasteiger partial charge is 0.239 e. The molecular weight excluding hydrogens is 264 g/mol. The van der Waals surface area contributed by atoms with Gasteiger partial charge in [0.2, 0.25) is 5.91 Å². The van der Waals surface area contributed by atoms with Crippen LogP contribution in [0.5, 0.6) is 0 Å². The molecule has 0 unspecified atom stereocenters. The van der Waals surface area contributed by atoms with Crippen molar-refractivity contribution in [3.63, 3.8) is 0 Å². The molecule has 19 heavy (non-hydrogen) atoms. The van der Waals surface area contributed by atoms with Gasteiger partial charge in [0.05, 0.1) is 17.5 Å². The zero-order valence-corrected chi connectivity index (χ0v) is 12.8. The lowest BCUT2D eigenvalue weighted by Gasteiger charge is -2.31. The molecule has 0 aliphatic carbocycles. The first kappa shape index (κ1) is 14.8. The molecular formula is C13H24N2O3S. The fourth-order valence-electron chi connectivity index (χ4n) is 3.03. The number of amides is 1. The van der Waals surface area contributed by atoms with Crippen LogP contribution in [0.2, 0.25) is 0 Å². The Balaban J connectivity index is 1.95. The van der Waals surface area contributed by atoms with Gasteiger partial charge in [0, 0.05) is 19.6 Å². The number of hydrogen-bond donors (Lipinski definition) is 0. The van der Waals surface area contributed by atoms with E-state index in [-0.39, 0.29) is 29.5 Å². The second-order valence-corrected chi connectivity index (χ2v) is 8.30. The third-order valence-corrected chi connectivity index (χ3v) is 6.21. The van der Waals surface area contributed by atoms with E-state index < -0.39 is 9.84 Å². The Bertz CT molecular complexity index is 449. The van der Waals surface area contributed by atoms with E-state index in [0.717, 1.165) is 19.5 Å². The number of carbonyl (C=O) groups is 1. The standard InChI is InChI=1S/C13H24N2O3S/c1-10-4-6-15(8-10)11(2)13(16)14(3)12-5-7-19(17,18)9-12/h10-12H,4-9H2,1-3H3/t10-,11+,12-/m1/s1. The summed E-state index contributed by atoms with van der Waals surface area (Å²) in [6.45, 7) is 6.05. The minimum Gasteiger partial charge on any atom is -0.340 e. The summed E-state index contributed by atoms with van der Waals surface area (Å²) in [5.74, 6) is 1.03. The molecule has 0 spiro atoms. The summed E-state index contributed by atoms with van der Waals surface area (Å²) in [6, 6.07) is -0.279. The molecule has 0 radical (unpaired) electrons. The molecule has 3 atom stereocenters. The van der Waals surface area contributed by atoms with Crippen LogP contribution >= 0.6 is 0 Å².